The number of ether oxygens (including phenoxy) is 3. The molecule has 0 radical (unpaired) electrons. The summed E-state index contributed by atoms with van der Waals surface area (Å²) in [4.78, 5) is 27.5. The molecule has 1 aliphatic carbocycles. The maximum atomic E-state index is 13.2. The van der Waals surface area contributed by atoms with Gasteiger partial charge < -0.3 is 24.4 Å². The van der Waals surface area contributed by atoms with Crippen molar-refractivity contribution < 1.29 is 23.8 Å². The maximum absolute atomic E-state index is 13.2. The molecule has 2 atom stereocenters. The van der Waals surface area contributed by atoms with Crippen molar-refractivity contribution in [1.29, 1.82) is 0 Å². The molecule has 32 heavy (non-hydrogen) atoms. The molecule has 4 aliphatic rings. The molecule has 5 rings (SSSR count). The van der Waals surface area contributed by atoms with Gasteiger partial charge in [0.15, 0.2) is 6.61 Å². The van der Waals surface area contributed by atoms with Crippen LogP contribution < -0.4 is 10.1 Å². The van der Waals surface area contributed by atoms with Crippen LogP contribution in [0.15, 0.2) is 24.3 Å². The van der Waals surface area contributed by atoms with Crippen LogP contribution in [0.25, 0.3) is 0 Å². The van der Waals surface area contributed by atoms with Crippen molar-refractivity contribution in [3.8, 4) is 5.75 Å². The van der Waals surface area contributed by atoms with Gasteiger partial charge in [0.05, 0.1) is 24.8 Å². The Morgan fingerprint density at radius 2 is 1.88 bits per heavy atom. The van der Waals surface area contributed by atoms with Gasteiger partial charge in [-0.25, -0.2) is 4.79 Å². The molecule has 1 aromatic rings. The van der Waals surface area contributed by atoms with Crippen LogP contribution in [0.4, 0.5) is 4.79 Å². The molecular formula is C25H36N2O5. The van der Waals surface area contributed by atoms with Crippen LogP contribution in [0.2, 0.25) is 0 Å². The Kier molecular flexibility index (Phi) is 6.93. The number of hydrogen-bond donors (Lipinski definition) is 1. The fourth-order valence-electron chi connectivity index (χ4n) is 5.15. The fraction of sp³-hybridized carbons (Fsp3) is 0.680. The van der Waals surface area contributed by atoms with E-state index in [1.54, 1.807) is 0 Å². The molecular weight excluding hydrogens is 408 g/mol. The quantitative estimate of drug-likeness (QED) is 0.708. The van der Waals surface area contributed by atoms with Crippen LogP contribution in [0, 0.1) is 0 Å². The first-order chi connectivity index (χ1) is 15.3. The number of nitrogens with zero attached hydrogens (tertiary/aromatic N) is 1. The Balaban J connectivity index is 1.54. The second-order valence-electron chi connectivity index (χ2n) is 10.2. The predicted octanol–water partition coefficient (Wildman–Crippen LogP) is 4.01. The van der Waals surface area contributed by atoms with E-state index in [0.717, 1.165) is 44.3 Å². The van der Waals surface area contributed by atoms with E-state index in [9.17, 15) is 9.59 Å². The number of nitrogens with one attached hydrogen (secondary N) is 1. The molecule has 1 aromatic carbocycles. The first kappa shape index (κ1) is 22.9. The van der Waals surface area contributed by atoms with Crippen LogP contribution in [-0.2, 0) is 14.3 Å². The number of amides is 2. The van der Waals surface area contributed by atoms with Crippen molar-refractivity contribution >= 4 is 12.0 Å². The third kappa shape index (κ3) is 5.55. The third-order valence-corrected chi connectivity index (χ3v) is 6.69. The highest BCUT2D eigenvalue weighted by Crippen LogP contribution is 2.38. The summed E-state index contributed by atoms with van der Waals surface area (Å²) in [5.74, 6) is 1.17. The number of carbonyl (C=O) groups is 2. The SMILES string of the molecule is CC(C)(C)OC(=O)N[C@H]1CCCN2C(=O)COc3ccccc3[C@H]3CC[C@H](CC3)OC[C@@H]12. The van der Waals surface area contributed by atoms with Gasteiger partial charge in [-0.3, -0.25) is 4.79 Å². The summed E-state index contributed by atoms with van der Waals surface area (Å²) >= 11 is 0. The van der Waals surface area contributed by atoms with E-state index in [4.69, 9.17) is 14.2 Å². The molecule has 7 nitrogen and oxygen atoms in total. The summed E-state index contributed by atoms with van der Waals surface area (Å²) in [7, 11) is 0. The van der Waals surface area contributed by atoms with Gasteiger partial charge in [-0.1, -0.05) is 18.2 Å². The van der Waals surface area contributed by atoms with Gasteiger partial charge in [-0.05, 0) is 76.8 Å². The van der Waals surface area contributed by atoms with Gasteiger partial charge >= 0.3 is 6.09 Å². The zero-order chi connectivity index (χ0) is 22.7. The van der Waals surface area contributed by atoms with Crippen molar-refractivity contribution in [2.24, 2.45) is 0 Å². The lowest BCUT2D eigenvalue weighted by atomic mass is 9.82. The number of alkyl carbamates (subject to hydrolysis) is 1. The molecule has 7 heteroatoms. The molecule has 0 spiro atoms. The summed E-state index contributed by atoms with van der Waals surface area (Å²) in [6, 6.07) is 7.64. The zero-order valence-corrected chi connectivity index (χ0v) is 19.5. The van der Waals surface area contributed by atoms with Crippen molar-refractivity contribution in [1.82, 2.24) is 10.2 Å². The molecule has 2 bridgehead atoms. The van der Waals surface area contributed by atoms with Gasteiger partial charge in [0.1, 0.15) is 11.4 Å². The molecule has 0 unspecified atom stereocenters. The number of benzene rings is 1. The third-order valence-electron chi connectivity index (χ3n) is 6.69. The minimum absolute atomic E-state index is 0.0111. The van der Waals surface area contributed by atoms with Crippen LogP contribution in [0.1, 0.15) is 70.8 Å². The van der Waals surface area contributed by atoms with E-state index in [-0.39, 0.29) is 30.7 Å². The standard InChI is InChI=1S/C25H36N2O5/c1-25(2,3)32-24(29)26-20-8-6-14-27-21(20)15-30-18-12-10-17(11-13-18)19-7-4-5-9-22(19)31-16-23(27)28/h4-5,7,9,17-18,20-21H,6,8,10-16H2,1-3H3,(H,26,29)/t17-,18+,20-,21-/m0/s1. The molecule has 0 aromatic heterocycles. The second kappa shape index (κ2) is 9.69. The van der Waals surface area contributed by atoms with E-state index < -0.39 is 11.7 Å². The first-order valence-corrected chi connectivity index (χ1v) is 11.9. The highest BCUT2D eigenvalue weighted by Gasteiger charge is 2.38. The second-order valence-corrected chi connectivity index (χ2v) is 10.2. The predicted molar refractivity (Wildman–Crippen MR) is 121 cm³/mol. The lowest BCUT2D eigenvalue weighted by molar-refractivity contribution is -0.140. The molecule has 2 fully saturated rings. The maximum Gasteiger partial charge on any atom is 0.407 e. The minimum atomic E-state index is -0.574. The number of rotatable bonds is 1. The van der Waals surface area contributed by atoms with Gasteiger partial charge in [0, 0.05) is 6.54 Å². The smallest absolute Gasteiger partial charge is 0.407 e. The average molecular weight is 445 g/mol. The van der Waals surface area contributed by atoms with Crippen LogP contribution in [0.3, 0.4) is 0 Å². The summed E-state index contributed by atoms with van der Waals surface area (Å²) < 4.78 is 17.9. The molecule has 3 aliphatic heterocycles. The summed E-state index contributed by atoms with van der Waals surface area (Å²) in [5, 5.41) is 3.00. The molecule has 1 N–H and O–H groups in total. The average Bonchev–Trinajstić information content (AvgIpc) is 2.76. The van der Waals surface area contributed by atoms with E-state index in [1.165, 1.54) is 5.56 Å². The summed E-state index contributed by atoms with van der Waals surface area (Å²) in [6.07, 6.45) is 5.40. The van der Waals surface area contributed by atoms with Crippen molar-refractivity contribution in [2.75, 3.05) is 19.8 Å². The Morgan fingerprint density at radius 1 is 1.12 bits per heavy atom. The van der Waals surface area contributed by atoms with Crippen molar-refractivity contribution in [3.05, 3.63) is 29.8 Å². The summed E-state index contributed by atoms with van der Waals surface area (Å²) in [6.45, 7) is 6.57. The van der Waals surface area contributed by atoms with Gasteiger partial charge in [0.2, 0.25) is 0 Å². The fourth-order valence-corrected chi connectivity index (χ4v) is 5.15. The Hall–Kier alpha value is -2.28. The molecule has 1 saturated carbocycles. The topological polar surface area (TPSA) is 77.1 Å². The lowest BCUT2D eigenvalue weighted by Crippen LogP contribution is -2.60. The molecule has 176 valence electrons. The Morgan fingerprint density at radius 3 is 2.62 bits per heavy atom. The monoisotopic (exact) mass is 444 g/mol. The highest BCUT2D eigenvalue weighted by molar-refractivity contribution is 5.78. The van der Waals surface area contributed by atoms with Crippen LogP contribution in [0.5, 0.6) is 5.75 Å². The van der Waals surface area contributed by atoms with Gasteiger partial charge in [-0.2, -0.15) is 0 Å². The van der Waals surface area contributed by atoms with E-state index in [2.05, 4.69) is 11.4 Å². The Labute approximate surface area is 190 Å². The largest absolute Gasteiger partial charge is 0.483 e. The van der Waals surface area contributed by atoms with Crippen molar-refractivity contribution in [3.63, 3.8) is 0 Å². The van der Waals surface area contributed by atoms with E-state index in [1.807, 2.05) is 43.9 Å². The minimum Gasteiger partial charge on any atom is -0.483 e. The normalized spacial score (nSPS) is 28.8. The molecule has 2 amide bonds. The molecule has 3 heterocycles. The Bertz CT molecular complexity index is 813. The van der Waals surface area contributed by atoms with Gasteiger partial charge in [-0.15, -0.1) is 0 Å². The van der Waals surface area contributed by atoms with Gasteiger partial charge in [0.25, 0.3) is 5.91 Å². The number of fused-ring (bicyclic) bond motifs is 5. The van der Waals surface area contributed by atoms with Crippen LogP contribution >= 0.6 is 0 Å². The van der Waals surface area contributed by atoms with Crippen LogP contribution in [-0.4, -0.2) is 60.4 Å². The number of carbonyl (C=O) groups excluding carboxylic acids is 2. The number of para-hydroxylation sites is 1. The first-order valence-electron chi connectivity index (χ1n) is 11.9. The molecule has 1 saturated heterocycles. The number of piperidine rings is 1. The zero-order valence-electron chi connectivity index (χ0n) is 19.5. The lowest BCUT2D eigenvalue weighted by Gasteiger charge is -2.42. The van der Waals surface area contributed by atoms with E-state index in [0.29, 0.717) is 19.1 Å². The van der Waals surface area contributed by atoms with E-state index >= 15 is 0 Å². The number of hydrogen-bond acceptors (Lipinski definition) is 5. The highest BCUT2D eigenvalue weighted by atomic mass is 16.6. The summed E-state index contributed by atoms with van der Waals surface area (Å²) in [5.41, 5.74) is 0.618. The van der Waals surface area contributed by atoms with Crippen molar-refractivity contribution in [2.45, 2.75) is 89.0 Å².